The maximum atomic E-state index is 11.8. The van der Waals surface area contributed by atoms with Crippen LogP contribution in [-0.2, 0) is 17.7 Å². The molecule has 0 unspecified atom stereocenters. The zero-order chi connectivity index (χ0) is 15.2. The number of esters is 1. The minimum atomic E-state index is -0.457. The number of carbonyl (C=O) groups excluding carboxylic acids is 1. The van der Waals surface area contributed by atoms with Crippen LogP contribution in [0.2, 0.25) is 0 Å². The fourth-order valence-corrected chi connectivity index (χ4v) is 2.14. The molecule has 0 spiro atoms. The van der Waals surface area contributed by atoms with E-state index in [0.29, 0.717) is 23.6 Å². The SMILES string of the molecule is CCc1ccccc1CNc1ncc(N)cc1C(=O)OC. The van der Waals surface area contributed by atoms with Crippen molar-refractivity contribution < 1.29 is 9.53 Å². The Labute approximate surface area is 124 Å². The van der Waals surface area contributed by atoms with Crippen LogP contribution in [0.25, 0.3) is 0 Å². The van der Waals surface area contributed by atoms with E-state index in [0.717, 1.165) is 6.42 Å². The van der Waals surface area contributed by atoms with Crippen molar-refractivity contribution in [3.63, 3.8) is 0 Å². The van der Waals surface area contributed by atoms with Gasteiger partial charge >= 0.3 is 5.97 Å². The maximum absolute atomic E-state index is 11.8. The van der Waals surface area contributed by atoms with E-state index in [9.17, 15) is 4.79 Å². The molecule has 21 heavy (non-hydrogen) atoms. The summed E-state index contributed by atoms with van der Waals surface area (Å²) in [6.07, 6.45) is 2.47. The number of nitrogen functional groups attached to an aromatic ring is 1. The number of aromatic nitrogens is 1. The van der Waals surface area contributed by atoms with Gasteiger partial charge in [-0.3, -0.25) is 0 Å². The van der Waals surface area contributed by atoms with Crippen LogP contribution in [0.3, 0.4) is 0 Å². The number of aryl methyl sites for hydroxylation is 1. The number of hydrogen-bond acceptors (Lipinski definition) is 5. The first-order valence-corrected chi connectivity index (χ1v) is 6.80. The van der Waals surface area contributed by atoms with Crippen molar-refractivity contribution in [2.45, 2.75) is 19.9 Å². The first-order valence-electron chi connectivity index (χ1n) is 6.80. The van der Waals surface area contributed by atoms with Gasteiger partial charge in [0.15, 0.2) is 0 Å². The lowest BCUT2D eigenvalue weighted by Gasteiger charge is -2.12. The minimum absolute atomic E-state index is 0.339. The lowest BCUT2D eigenvalue weighted by Crippen LogP contribution is -2.11. The Morgan fingerprint density at radius 1 is 1.33 bits per heavy atom. The average Bonchev–Trinajstić information content (AvgIpc) is 2.53. The van der Waals surface area contributed by atoms with Gasteiger partial charge < -0.3 is 15.8 Å². The van der Waals surface area contributed by atoms with Crippen molar-refractivity contribution in [2.75, 3.05) is 18.2 Å². The Morgan fingerprint density at radius 3 is 2.71 bits per heavy atom. The highest BCUT2D eigenvalue weighted by molar-refractivity contribution is 5.95. The second kappa shape index (κ2) is 6.74. The third-order valence-electron chi connectivity index (χ3n) is 3.26. The Hall–Kier alpha value is -2.56. The van der Waals surface area contributed by atoms with Gasteiger partial charge in [-0.15, -0.1) is 0 Å². The molecule has 0 fully saturated rings. The Kier molecular flexibility index (Phi) is 4.77. The number of nitrogens with two attached hydrogens (primary N) is 1. The molecule has 0 saturated heterocycles. The van der Waals surface area contributed by atoms with Crippen LogP contribution in [0.4, 0.5) is 11.5 Å². The Morgan fingerprint density at radius 2 is 2.05 bits per heavy atom. The molecular formula is C16H19N3O2. The van der Waals surface area contributed by atoms with Crippen molar-refractivity contribution in [2.24, 2.45) is 0 Å². The predicted molar refractivity (Wildman–Crippen MR) is 83.1 cm³/mol. The molecule has 2 aromatic rings. The van der Waals surface area contributed by atoms with Crippen molar-refractivity contribution in [3.8, 4) is 0 Å². The highest BCUT2D eigenvalue weighted by atomic mass is 16.5. The predicted octanol–water partition coefficient (Wildman–Crippen LogP) is 2.62. The standard InChI is InChI=1S/C16H19N3O2/c1-3-11-6-4-5-7-12(11)9-18-15-14(16(20)21-2)8-13(17)10-19-15/h4-8,10H,3,9,17H2,1-2H3,(H,18,19). The molecule has 0 bridgehead atoms. The fourth-order valence-electron chi connectivity index (χ4n) is 2.14. The lowest BCUT2D eigenvalue weighted by atomic mass is 10.1. The molecule has 0 aliphatic carbocycles. The number of rotatable bonds is 5. The van der Waals surface area contributed by atoms with E-state index in [1.165, 1.54) is 24.4 Å². The van der Waals surface area contributed by atoms with Crippen LogP contribution in [0.15, 0.2) is 36.5 Å². The molecule has 110 valence electrons. The molecule has 5 heteroatoms. The van der Waals surface area contributed by atoms with E-state index in [1.807, 2.05) is 12.1 Å². The van der Waals surface area contributed by atoms with E-state index in [1.54, 1.807) is 6.07 Å². The maximum Gasteiger partial charge on any atom is 0.341 e. The molecule has 2 rings (SSSR count). The van der Waals surface area contributed by atoms with Gasteiger partial charge in [0.1, 0.15) is 11.4 Å². The highest BCUT2D eigenvalue weighted by Crippen LogP contribution is 2.18. The van der Waals surface area contributed by atoms with Gasteiger partial charge in [0.05, 0.1) is 19.0 Å². The molecule has 1 aromatic heterocycles. The molecule has 0 aliphatic heterocycles. The molecule has 0 saturated carbocycles. The summed E-state index contributed by atoms with van der Waals surface area (Å²) in [6, 6.07) is 9.72. The van der Waals surface area contributed by atoms with Crippen LogP contribution in [0.5, 0.6) is 0 Å². The monoisotopic (exact) mass is 285 g/mol. The number of methoxy groups -OCH3 is 1. The van der Waals surface area contributed by atoms with Crippen LogP contribution in [0, 0.1) is 0 Å². The average molecular weight is 285 g/mol. The van der Waals surface area contributed by atoms with Gasteiger partial charge in [-0.05, 0) is 23.6 Å². The number of nitrogens with zero attached hydrogens (tertiary/aromatic N) is 1. The van der Waals surface area contributed by atoms with E-state index in [-0.39, 0.29) is 0 Å². The second-order valence-electron chi connectivity index (χ2n) is 4.63. The summed E-state index contributed by atoms with van der Waals surface area (Å²) in [5.74, 6) is 0.0167. The smallest absolute Gasteiger partial charge is 0.341 e. The van der Waals surface area contributed by atoms with E-state index in [4.69, 9.17) is 10.5 Å². The number of ether oxygens (including phenoxy) is 1. The molecule has 0 aliphatic rings. The van der Waals surface area contributed by atoms with Gasteiger partial charge in [0.25, 0.3) is 0 Å². The largest absolute Gasteiger partial charge is 0.465 e. The molecule has 1 aromatic carbocycles. The second-order valence-corrected chi connectivity index (χ2v) is 4.63. The van der Waals surface area contributed by atoms with E-state index >= 15 is 0 Å². The fraction of sp³-hybridized carbons (Fsp3) is 0.250. The van der Waals surface area contributed by atoms with Gasteiger partial charge in [0, 0.05) is 6.54 Å². The number of pyridine rings is 1. The summed E-state index contributed by atoms with van der Waals surface area (Å²) in [6.45, 7) is 2.70. The van der Waals surface area contributed by atoms with Crippen molar-refractivity contribution >= 4 is 17.5 Å². The summed E-state index contributed by atoms with van der Waals surface area (Å²) < 4.78 is 4.75. The van der Waals surface area contributed by atoms with E-state index < -0.39 is 5.97 Å². The van der Waals surface area contributed by atoms with Crippen LogP contribution >= 0.6 is 0 Å². The normalized spacial score (nSPS) is 10.2. The summed E-state index contributed by atoms with van der Waals surface area (Å²) in [5, 5.41) is 3.18. The zero-order valence-corrected chi connectivity index (χ0v) is 12.2. The van der Waals surface area contributed by atoms with Crippen molar-refractivity contribution in [3.05, 3.63) is 53.2 Å². The molecule has 0 radical (unpaired) electrons. The van der Waals surface area contributed by atoms with Gasteiger partial charge in [-0.2, -0.15) is 0 Å². The van der Waals surface area contributed by atoms with Crippen molar-refractivity contribution in [1.29, 1.82) is 0 Å². The highest BCUT2D eigenvalue weighted by Gasteiger charge is 2.14. The third-order valence-corrected chi connectivity index (χ3v) is 3.26. The third kappa shape index (κ3) is 3.51. The summed E-state index contributed by atoms with van der Waals surface area (Å²) >= 11 is 0. The summed E-state index contributed by atoms with van der Waals surface area (Å²) in [7, 11) is 1.34. The molecule has 0 amide bonds. The van der Waals surface area contributed by atoms with Gasteiger partial charge in [-0.25, -0.2) is 9.78 Å². The summed E-state index contributed by atoms with van der Waals surface area (Å²) in [5.41, 5.74) is 8.88. The lowest BCUT2D eigenvalue weighted by molar-refractivity contribution is 0.0601. The minimum Gasteiger partial charge on any atom is -0.465 e. The first kappa shape index (κ1) is 14.8. The van der Waals surface area contributed by atoms with Gasteiger partial charge in [-0.1, -0.05) is 31.2 Å². The number of carbonyl (C=O) groups is 1. The van der Waals surface area contributed by atoms with Crippen LogP contribution < -0.4 is 11.1 Å². The quantitative estimate of drug-likeness (QED) is 0.826. The Balaban J connectivity index is 2.22. The molecule has 5 nitrogen and oxygen atoms in total. The number of anilines is 2. The van der Waals surface area contributed by atoms with E-state index in [2.05, 4.69) is 29.4 Å². The molecular weight excluding hydrogens is 266 g/mol. The number of benzene rings is 1. The topological polar surface area (TPSA) is 77.2 Å². The summed E-state index contributed by atoms with van der Waals surface area (Å²) in [4.78, 5) is 15.9. The van der Waals surface area contributed by atoms with Crippen LogP contribution in [-0.4, -0.2) is 18.1 Å². The number of hydrogen-bond donors (Lipinski definition) is 2. The van der Waals surface area contributed by atoms with Gasteiger partial charge in [0.2, 0.25) is 0 Å². The van der Waals surface area contributed by atoms with Crippen molar-refractivity contribution in [1.82, 2.24) is 4.98 Å². The zero-order valence-electron chi connectivity index (χ0n) is 12.2. The molecule has 3 N–H and O–H groups in total. The first-order chi connectivity index (χ1) is 10.2. The number of nitrogens with one attached hydrogen (secondary N) is 1. The van der Waals surface area contributed by atoms with Crippen LogP contribution in [0.1, 0.15) is 28.4 Å². The molecule has 0 atom stereocenters. The Bertz CT molecular complexity index is 641. The molecule has 1 heterocycles.